The van der Waals surface area contributed by atoms with E-state index in [9.17, 15) is 27.1 Å². The van der Waals surface area contributed by atoms with Gasteiger partial charge in [0.2, 0.25) is 11.8 Å². The number of aliphatic hydroxyl groups is 1. The molecule has 0 saturated heterocycles. The van der Waals surface area contributed by atoms with Crippen molar-refractivity contribution in [2.45, 2.75) is 50.5 Å². The molecule has 7 nitrogen and oxygen atoms in total. The number of methoxy groups -OCH3 is 1. The summed E-state index contributed by atoms with van der Waals surface area (Å²) in [4.78, 5) is 16.6. The zero-order valence-electron chi connectivity index (χ0n) is 20.6. The number of benzene rings is 2. The van der Waals surface area contributed by atoms with E-state index in [1.54, 1.807) is 12.1 Å². The molecule has 0 aliphatic rings. The number of halogens is 2. The average molecular weight is 519 g/mol. The summed E-state index contributed by atoms with van der Waals surface area (Å²) in [6.07, 6.45) is 1.11. The van der Waals surface area contributed by atoms with Crippen molar-refractivity contribution in [2.75, 3.05) is 7.11 Å². The van der Waals surface area contributed by atoms with Crippen LogP contribution >= 0.6 is 0 Å². The maximum atomic E-state index is 14.5. The molecule has 0 spiro atoms. The van der Waals surface area contributed by atoms with E-state index >= 15 is 0 Å². The Morgan fingerprint density at radius 2 is 1.83 bits per heavy atom. The number of sulfonamides is 1. The lowest BCUT2D eigenvalue weighted by Crippen LogP contribution is -2.32. The van der Waals surface area contributed by atoms with Gasteiger partial charge in [-0.15, -0.1) is 0 Å². The van der Waals surface area contributed by atoms with Gasteiger partial charge >= 0.3 is 0 Å². The van der Waals surface area contributed by atoms with Crippen LogP contribution in [0.3, 0.4) is 0 Å². The molecule has 2 N–H and O–H groups in total. The number of pyridine rings is 1. The fraction of sp³-hybridized carbons (Fsp3) is 0.308. The average Bonchev–Trinajstić information content (AvgIpc) is 2.78. The van der Waals surface area contributed by atoms with Gasteiger partial charge in [0.15, 0.2) is 0 Å². The molecule has 0 bridgehead atoms. The molecule has 0 atom stereocenters. The Bertz CT molecular complexity index is 1400. The number of nitrogens with zero attached hydrogens (tertiary/aromatic N) is 1. The summed E-state index contributed by atoms with van der Waals surface area (Å²) >= 11 is 0. The van der Waals surface area contributed by atoms with E-state index in [2.05, 4.69) is 4.98 Å². The lowest BCUT2D eigenvalue weighted by Gasteiger charge is -2.20. The quantitative estimate of drug-likeness (QED) is 0.457. The van der Waals surface area contributed by atoms with Crippen LogP contribution in [-0.2, 0) is 26.8 Å². The highest BCUT2D eigenvalue weighted by Gasteiger charge is 2.26. The fourth-order valence-corrected chi connectivity index (χ4v) is 4.87. The van der Waals surface area contributed by atoms with Gasteiger partial charge in [0.05, 0.1) is 24.0 Å². The Balaban J connectivity index is 2.01. The standard InChI is InChI=1S/C26H28F2N2O5S/c1-15(2)19-11-17(27)12-20(16-8-9-29-25(10-16)35-5)21(19)14-24(31)30-36(33,34)18-6-7-23(28)22(13-18)26(3,4)32/h6-13,15,32H,14H2,1-5H3,(H,30,31). The molecule has 3 aromatic rings. The maximum absolute atomic E-state index is 14.5. The molecule has 0 radical (unpaired) electrons. The molecule has 3 rings (SSSR count). The van der Waals surface area contributed by atoms with Crippen molar-refractivity contribution in [1.82, 2.24) is 9.71 Å². The van der Waals surface area contributed by atoms with Gasteiger partial charge in [0.1, 0.15) is 11.6 Å². The van der Waals surface area contributed by atoms with Gasteiger partial charge in [0, 0.05) is 17.8 Å². The molecule has 2 aromatic carbocycles. The van der Waals surface area contributed by atoms with Crippen molar-refractivity contribution in [1.29, 1.82) is 0 Å². The third kappa shape index (κ3) is 6.06. The second kappa shape index (κ2) is 10.3. The highest BCUT2D eigenvalue weighted by atomic mass is 32.2. The van der Waals surface area contributed by atoms with Crippen molar-refractivity contribution in [2.24, 2.45) is 0 Å². The zero-order valence-corrected chi connectivity index (χ0v) is 21.4. The minimum atomic E-state index is -4.39. The number of hydrogen-bond donors (Lipinski definition) is 2. The highest BCUT2D eigenvalue weighted by Crippen LogP contribution is 2.33. The van der Waals surface area contributed by atoms with Gasteiger partial charge in [-0.2, -0.15) is 0 Å². The number of nitrogens with one attached hydrogen (secondary N) is 1. The first-order chi connectivity index (χ1) is 16.7. The zero-order chi connectivity index (χ0) is 26.8. The molecule has 0 fully saturated rings. The lowest BCUT2D eigenvalue weighted by molar-refractivity contribution is -0.118. The molecule has 1 amide bonds. The summed E-state index contributed by atoms with van der Waals surface area (Å²) in [7, 11) is -2.95. The van der Waals surface area contributed by atoms with Crippen LogP contribution in [0.25, 0.3) is 11.1 Å². The van der Waals surface area contributed by atoms with Crippen molar-refractivity contribution >= 4 is 15.9 Å². The highest BCUT2D eigenvalue weighted by molar-refractivity contribution is 7.90. The minimum Gasteiger partial charge on any atom is -0.481 e. The Hall–Kier alpha value is -3.37. The van der Waals surface area contributed by atoms with Crippen LogP contribution in [0.5, 0.6) is 5.88 Å². The van der Waals surface area contributed by atoms with Crippen molar-refractivity contribution in [3.8, 4) is 17.0 Å². The van der Waals surface area contributed by atoms with Crippen LogP contribution in [0.2, 0.25) is 0 Å². The molecule has 0 aliphatic heterocycles. The number of hydrogen-bond acceptors (Lipinski definition) is 6. The molecular weight excluding hydrogens is 490 g/mol. The summed E-state index contributed by atoms with van der Waals surface area (Å²) < 4.78 is 61.6. The lowest BCUT2D eigenvalue weighted by atomic mass is 9.88. The third-order valence-corrected chi connectivity index (χ3v) is 6.99. The second-order valence-corrected chi connectivity index (χ2v) is 10.9. The normalized spacial score (nSPS) is 12.0. The summed E-state index contributed by atoms with van der Waals surface area (Å²) in [5.41, 5.74) is 0.0659. The Morgan fingerprint density at radius 1 is 1.14 bits per heavy atom. The third-order valence-electron chi connectivity index (χ3n) is 5.62. The first-order valence-electron chi connectivity index (χ1n) is 11.1. The van der Waals surface area contributed by atoms with E-state index in [1.165, 1.54) is 39.3 Å². The molecule has 1 aromatic heterocycles. The monoisotopic (exact) mass is 518 g/mol. The molecule has 192 valence electrons. The van der Waals surface area contributed by atoms with Crippen LogP contribution in [0.1, 0.15) is 50.3 Å². The number of ether oxygens (including phenoxy) is 1. The predicted octanol–water partition coefficient (Wildman–Crippen LogP) is 4.43. The van der Waals surface area contributed by atoms with E-state index in [0.29, 0.717) is 28.1 Å². The number of carbonyl (C=O) groups excluding carboxylic acids is 1. The number of aromatic nitrogens is 1. The predicted molar refractivity (Wildman–Crippen MR) is 131 cm³/mol. The van der Waals surface area contributed by atoms with Gasteiger partial charge < -0.3 is 9.84 Å². The van der Waals surface area contributed by atoms with Gasteiger partial charge in [-0.25, -0.2) is 26.9 Å². The summed E-state index contributed by atoms with van der Waals surface area (Å²) in [5.74, 6) is -2.03. The van der Waals surface area contributed by atoms with Gasteiger partial charge in [-0.3, -0.25) is 4.79 Å². The van der Waals surface area contributed by atoms with E-state index in [0.717, 1.165) is 18.2 Å². The van der Waals surface area contributed by atoms with Crippen LogP contribution in [-0.4, -0.2) is 31.5 Å². The SMILES string of the molecule is COc1cc(-c2cc(F)cc(C(C)C)c2CC(=O)NS(=O)(=O)c2ccc(F)c(C(C)(C)O)c2)ccn1. The first kappa shape index (κ1) is 27.2. The second-order valence-electron chi connectivity index (χ2n) is 9.17. The van der Waals surface area contributed by atoms with Crippen LogP contribution < -0.4 is 9.46 Å². The van der Waals surface area contributed by atoms with Gasteiger partial charge in [-0.05, 0) is 78.4 Å². The van der Waals surface area contributed by atoms with Crippen molar-refractivity contribution < 1.29 is 31.8 Å². The van der Waals surface area contributed by atoms with E-state index in [-0.39, 0.29) is 22.8 Å². The van der Waals surface area contributed by atoms with E-state index in [4.69, 9.17) is 4.74 Å². The Labute approximate surface area is 209 Å². The molecule has 10 heteroatoms. The topological polar surface area (TPSA) is 106 Å². The van der Waals surface area contributed by atoms with Crippen molar-refractivity contribution in [3.05, 3.63) is 77.0 Å². The fourth-order valence-electron chi connectivity index (χ4n) is 3.86. The van der Waals surface area contributed by atoms with Crippen LogP contribution in [0.15, 0.2) is 53.6 Å². The Morgan fingerprint density at radius 3 is 2.44 bits per heavy atom. The van der Waals surface area contributed by atoms with Crippen molar-refractivity contribution in [3.63, 3.8) is 0 Å². The number of rotatable bonds is 8. The summed E-state index contributed by atoms with van der Waals surface area (Å²) in [6.45, 7) is 6.30. The molecule has 1 heterocycles. The first-order valence-corrected chi connectivity index (χ1v) is 12.6. The smallest absolute Gasteiger partial charge is 0.264 e. The molecule has 0 unspecified atom stereocenters. The Kier molecular flexibility index (Phi) is 7.80. The van der Waals surface area contributed by atoms with Crippen LogP contribution in [0, 0.1) is 11.6 Å². The van der Waals surface area contributed by atoms with E-state index < -0.39 is 33.2 Å². The molecule has 36 heavy (non-hydrogen) atoms. The van der Waals surface area contributed by atoms with Gasteiger partial charge in [0.25, 0.3) is 10.0 Å². The summed E-state index contributed by atoms with van der Waals surface area (Å²) in [6, 6.07) is 8.72. The van der Waals surface area contributed by atoms with Gasteiger partial charge in [-0.1, -0.05) is 13.8 Å². The van der Waals surface area contributed by atoms with E-state index in [1.807, 2.05) is 18.6 Å². The number of carbonyl (C=O) groups is 1. The van der Waals surface area contributed by atoms with Crippen LogP contribution in [0.4, 0.5) is 8.78 Å². The maximum Gasteiger partial charge on any atom is 0.264 e. The minimum absolute atomic E-state index is 0.172. The summed E-state index contributed by atoms with van der Waals surface area (Å²) in [5, 5.41) is 10.2. The molecular formula is C26H28F2N2O5S. The number of amides is 1. The molecule has 0 aliphatic carbocycles. The molecule has 0 saturated carbocycles. The largest absolute Gasteiger partial charge is 0.481 e.